The third-order valence-electron chi connectivity index (χ3n) is 2.32. The second-order valence-electron chi connectivity index (χ2n) is 3.71. The molecule has 0 atom stereocenters. The molecule has 94 valence electrons. The lowest BCUT2D eigenvalue weighted by Gasteiger charge is -2.07. The van der Waals surface area contributed by atoms with Gasteiger partial charge < -0.3 is 0 Å². The number of nitrogens with zero attached hydrogens (tertiary/aromatic N) is 3. The van der Waals surface area contributed by atoms with Crippen molar-refractivity contribution in [3.8, 4) is 11.5 Å². The summed E-state index contributed by atoms with van der Waals surface area (Å²) in [6.45, 7) is 2.11. The molecule has 18 heavy (non-hydrogen) atoms. The number of hydrogen-bond acceptors (Lipinski definition) is 3. The summed E-state index contributed by atoms with van der Waals surface area (Å²) in [5.41, 5.74) is 1.71. The van der Waals surface area contributed by atoms with E-state index in [9.17, 15) is 0 Å². The van der Waals surface area contributed by atoms with Gasteiger partial charge in [-0.3, -0.25) is 4.98 Å². The van der Waals surface area contributed by atoms with Gasteiger partial charge in [-0.15, -0.1) is 0 Å². The fraction of sp³-hybridized carbons (Fsp3) is 0.250. The van der Waals surface area contributed by atoms with Crippen LogP contribution in [0.15, 0.2) is 22.8 Å². The Morgan fingerprint density at radius 2 is 2.11 bits per heavy atom. The molecule has 0 spiro atoms. The van der Waals surface area contributed by atoms with Gasteiger partial charge in [0.15, 0.2) is 5.82 Å². The molecular weight excluding hydrogens is 428 g/mol. The zero-order valence-corrected chi connectivity index (χ0v) is 14.1. The van der Waals surface area contributed by atoms with E-state index in [1.165, 1.54) is 0 Å². The van der Waals surface area contributed by atoms with E-state index in [-0.39, 0.29) is 0 Å². The van der Waals surface area contributed by atoms with E-state index in [0.717, 1.165) is 32.3 Å². The van der Waals surface area contributed by atoms with Crippen LogP contribution in [0.25, 0.3) is 11.5 Å². The molecule has 0 aliphatic heterocycles. The van der Waals surface area contributed by atoms with Crippen LogP contribution in [0.1, 0.15) is 19.0 Å². The van der Waals surface area contributed by atoms with Crippen LogP contribution in [0.5, 0.6) is 0 Å². The molecule has 0 aromatic carbocycles. The Bertz CT molecular complexity index is 560. The summed E-state index contributed by atoms with van der Waals surface area (Å²) in [5, 5.41) is 0.494. The van der Waals surface area contributed by atoms with Crippen molar-refractivity contribution in [2.45, 2.75) is 19.8 Å². The SMILES string of the molecule is CCCc1nc(-c2ccc(Br)cn2)nc(Cl)c1I. The normalized spacial score (nSPS) is 10.7. The Morgan fingerprint density at radius 1 is 1.33 bits per heavy atom. The molecular formula is C12H10BrClIN3. The summed E-state index contributed by atoms with van der Waals surface area (Å²) in [7, 11) is 0. The van der Waals surface area contributed by atoms with Crippen molar-refractivity contribution in [1.29, 1.82) is 0 Å². The third-order valence-corrected chi connectivity index (χ3v) is 4.52. The first-order valence-electron chi connectivity index (χ1n) is 5.45. The molecule has 3 nitrogen and oxygen atoms in total. The van der Waals surface area contributed by atoms with Crippen molar-refractivity contribution in [3.05, 3.63) is 37.2 Å². The van der Waals surface area contributed by atoms with Crippen LogP contribution in [0.4, 0.5) is 0 Å². The Balaban J connectivity index is 2.48. The molecule has 0 aliphatic rings. The average Bonchev–Trinajstić information content (AvgIpc) is 2.36. The van der Waals surface area contributed by atoms with E-state index < -0.39 is 0 Å². The van der Waals surface area contributed by atoms with E-state index in [1.54, 1.807) is 6.20 Å². The summed E-state index contributed by atoms with van der Waals surface area (Å²) >= 11 is 11.7. The summed E-state index contributed by atoms with van der Waals surface area (Å²) in [5.74, 6) is 0.580. The topological polar surface area (TPSA) is 38.7 Å². The first kappa shape index (κ1) is 14.1. The van der Waals surface area contributed by atoms with Crippen LogP contribution < -0.4 is 0 Å². The highest BCUT2D eigenvalue weighted by Crippen LogP contribution is 2.24. The monoisotopic (exact) mass is 437 g/mol. The third kappa shape index (κ3) is 3.19. The Kier molecular flexibility index (Phi) is 4.91. The van der Waals surface area contributed by atoms with Gasteiger partial charge in [-0.05, 0) is 57.1 Å². The lowest BCUT2D eigenvalue weighted by Crippen LogP contribution is -2.01. The van der Waals surface area contributed by atoms with Crippen molar-refractivity contribution < 1.29 is 0 Å². The molecule has 6 heteroatoms. The molecule has 0 N–H and O–H groups in total. The maximum atomic E-state index is 6.14. The van der Waals surface area contributed by atoms with Crippen LogP contribution in [-0.4, -0.2) is 15.0 Å². The quantitative estimate of drug-likeness (QED) is 0.523. The number of pyridine rings is 1. The molecule has 0 saturated heterocycles. The second-order valence-corrected chi connectivity index (χ2v) is 6.06. The molecule has 2 aromatic heterocycles. The summed E-state index contributed by atoms with van der Waals surface area (Å²) in [4.78, 5) is 13.1. The minimum Gasteiger partial charge on any atom is -0.252 e. The zero-order chi connectivity index (χ0) is 13.1. The van der Waals surface area contributed by atoms with Gasteiger partial charge in [-0.1, -0.05) is 24.9 Å². The average molecular weight is 438 g/mol. The molecule has 0 fully saturated rings. The van der Waals surface area contributed by atoms with Crippen molar-refractivity contribution >= 4 is 50.1 Å². The van der Waals surface area contributed by atoms with E-state index in [0.29, 0.717) is 11.0 Å². The van der Waals surface area contributed by atoms with Gasteiger partial charge in [0.25, 0.3) is 0 Å². The van der Waals surface area contributed by atoms with Crippen molar-refractivity contribution in [1.82, 2.24) is 15.0 Å². The van der Waals surface area contributed by atoms with Gasteiger partial charge in [-0.25, -0.2) is 9.97 Å². The second kappa shape index (κ2) is 6.25. The minimum atomic E-state index is 0.494. The maximum Gasteiger partial charge on any atom is 0.179 e. The van der Waals surface area contributed by atoms with Gasteiger partial charge in [0.1, 0.15) is 10.8 Å². The standard InChI is InChI=1S/C12H10BrClIN3/c1-2-3-8-10(15)11(14)18-12(17-8)9-5-4-7(13)6-16-9/h4-6H,2-3H2,1H3. The first-order valence-corrected chi connectivity index (χ1v) is 7.70. The molecule has 0 aliphatic carbocycles. The van der Waals surface area contributed by atoms with Gasteiger partial charge in [0.2, 0.25) is 0 Å². The lowest BCUT2D eigenvalue weighted by atomic mass is 10.2. The smallest absolute Gasteiger partial charge is 0.179 e. The highest BCUT2D eigenvalue weighted by atomic mass is 127. The van der Waals surface area contributed by atoms with E-state index in [2.05, 4.69) is 60.4 Å². The van der Waals surface area contributed by atoms with Crippen molar-refractivity contribution in [2.24, 2.45) is 0 Å². The Morgan fingerprint density at radius 3 is 2.72 bits per heavy atom. The number of halogens is 3. The fourth-order valence-corrected chi connectivity index (χ4v) is 2.42. The summed E-state index contributed by atoms with van der Waals surface area (Å²) < 4.78 is 1.86. The molecule has 2 rings (SSSR count). The predicted octanol–water partition coefficient (Wildman–Crippen LogP) is 4.51. The summed E-state index contributed by atoms with van der Waals surface area (Å²) in [6, 6.07) is 3.79. The Labute approximate surface area is 133 Å². The van der Waals surface area contributed by atoms with Gasteiger partial charge in [-0.2, -0.15) is 0 Å². The predicted molar refractivity (Wildman–Crippen MR) is 84.7 cm³/mol. The molecule has 0 radical (unpaired) electrons. The van der Waals surface area contributed by atoms with Crippen molar-refractivity contribution in [3.63, 3.8) is 0 Å². The van der Waals surface area contributed by atoms with E-state index in [1.807, 2.05) is 12.1 Å². The fourth-order valence-electron chi connectivity index (χ4n) is 1.49. The number of rotatable bonds is 3. The van der Waals surface area contributed by atoms with Crippen LogP contribution in [0.2, 0.25) is 5.15 Å². The minimum absolute atomic E-state index is 0.494. The first-order chi connectivity index (χ1) is 8.61. The van der Waals surface area contributed by atoms with Gasteiger partial charge in [0.05, 0.1) is 9.26 Å². The van der Waals surface area contributed by atoms with Crippen LogP contribution in [0.3, 0.4) is 0 Å². The highest BCUT2D eigenvalue weighted by Gasteiger charge is 2.12. The van der Waals surface area contributed by atoms with Crippen LogP contribution >= 0.6 is 50.1 Å². The molecule has 0 saturated carbocycles. The van der Waals surface area contributed by atoms with Gasteiger partial charge >= 0.3 is 0 Å². The summed E-state index contributed by atoms with van der Waals surface area (Å²) in [6.07, 6.45) is 3.64. The Hall–Kier alpha value is -0.270. The number of aryl methyl sites for hydroxylation is 1. The van der Waals surface area contributed by atoms with E-state index >= 15 is 0 Å². The van der Waals surface area contributed by atoms with E-state index in [4.69, 9.17) is 11.6 Å². The molecule has 0 unspecified atom stereocenters. The molecule has 0 amide bonds. The zero-order valence-electron chi connectivity index (χ0n) is 9.62. The van der Waals surface area contributed by atoms with Gasteiger partial charge in [0, 0.05) is 10.7 Å². The highest BCUT2D eigenvalue weighted by molar-refractivity contribution is 14.1. The molecule has 2 aromatic rings. The lowest BCUT2D eigenvalue weighted by molar-refractivity contribution is 0.865. The van der Waals surface area contributed by atoms with Crippen molar-refractivity contribution in [2.75, 3.05) is 0 Å². The molecule has 2 heterocycles. The van der Waals surface area contributed by atoms with Crippen LogP contribution in [0, 0.1) is 3.57 Å². The number of hydrogen-bond donors (Lipinski definition) is 0. The molecule has 0 bridgehead atoms. The maximum absolute atomic E-state index is 6.14. The van der Waals surface area contributed by atoms with Crippen LogP contribution in [-0.2, 0) is 6.42 Å². The largest absolute Gasteiger partial charge is 0.252 e. The number of aromatic nitrogens is 3.